The Kier molecular flexibility index (Phi) is 18.3. The Morgan fingerprint density at radius 3 is 1.52 bits per heavy atom. The van der Waals surface area contributed by atoms with Crippen LogP contribution in [0.25, 0.3) is 0 Å². The first-order valence-electron chi connectivity index (χ1n) is 9.90. The average Bonchev–Trinajstić information content (AvgIpc) is 2.56. The summed E-state index contributed by atoms with van der Waals surface area (Å²) in [6.07, 6.45) is 25.6. The van der Waals surface area contributed by atoms with E-state index in [9.17, 15) is 4.79 Å². The lowest BCUT2D eigenvalue weighted by Crippen LogP contribution is -2.03. The van der Waals surface area contributed by atoms with Crippen LogP contribution in [0.3, 0.4) is 0 Å². The molecule has 23 heavy (non-hydrogen) atoms. The van der Waals surface area contributed by atoms with Crippen LogP contribution in [0, 0.1) is 12.3 Å². The summed E-state index contributed by atoms with van der Waals surface area (Å²) >= 11 is 0. The minimum Gasteiger partial charge on any atom is -0.452 e. The van der Waals surface area contributed by atoms with Crippen LogP contribution < -0.4 is 0 Å². The Labute approximate surface area is 144 Å². The standard InChI is InChI=1S/C21H38O2/c1-3-5-6-7-8-9-10-11-12-13-14-15-16-17-18-19-21(22)23-20-4-2/h2H,3,5-20H2,1H3. The third-order valence-corrected chi connectivity index (χ3v) is 4.30. The van der Waals surface area contributed by atoms with Gasteiger partial charge in [-0.1, -0.05) is 103 Å². The van der Waals surface area contributed by atoms with E-state index in [2.05, 4.69) is 12.8 Å². The Bertz CT molecular complexity index is 291. The molecule has 0 aromatic rings. The van der Waals surface area contributed by atoms with Gasteiger partial charge in [-0.05, 0) is 6.42 Å². The Morgan fingerprint density at radius 1 is 0.739 bits per heavy atom. The molecule has 0 saturated heterocycles. The number of terminal acetylenes is 1. The molecule has 134 valence electrons. The SMILES string of the molecule is C#CCOC(=O)CCCCCCCCCCCCCCCCC. The molecule has 0 heterocycles. The molecule has 0 aliphatic heterocycles. The van der Waals surface area contributed by atoms with Gasteiger partial charge < -0.3 is 4.74 Å². The van der Waals surface area contributed by atoms with Gasteiger partial charge in [-0.15, -0.1) is 6.42 Å². The molecular weight excluding hydrogens is 284 g/mol. The van der Waals surface area contributed by atoms with E-state index in [4.69, 9.17) is 11.2 Å². The molecule has 0 fully saturated rings. The summed E-state index contributed by atoms with van der Waals surface area (Å²) in [7, 11) is 0. The quantitative estimate of drug-likeness (QED) is 0.175. The highest BCUT2D eigenvalue weighted by atomic mass is 16.5. The molecule has 0 aliphatic carbocycles. The monoisotopic (exact) mass is 322 g/mol. The number of esters is 1. The second-order valence-electron chi connectivity index (χ2n) is 6.56. The molecule has 0 rings (SSSR count). The van der Waals surface area contributed by atoms with Gasteiger partial charge in [0.1, 0.15) is 0 Å². The van der Waals surface area contributed by atoms with E-state index in [0.29, 0.717) is 6.42 Å². The van der Waals surface area contributed by atoms with Gasteiger partial charge in [-0.2, -0.15) is 0 Å². The van der Waals surface area contributed by atoms with Crippen molar-refractivity contribution in [1.29, 1.82) is 0 Å². The van der Waals surface area contributed by atoms with Crippen molar-refractivity contribution in [2.75, 3.05) is 6.61 Å². The molecule has 2 heteroatoms. The second-order valence-corrected chi connectivity index (χ2v) is 6.56. The maximum atomic E-state index is 11.2. The summed E-state index contributed by atoms with van der Waals surface area (Å²) in [5.74, 6) is 2.15. The van der Waals surface area contributed by atoms with Crippen molar-refractivity contribution >= 4 is 5.97 Å². The third-order valence-electron chi connectivity index (χ3n) is 4.30. The summed E-state index contributed by atoms with van der Waals surface area (Å²) < 4.78 is 4.84. The van der Waals surface area contributed by atoms with Gasteiger partial charge in [0, 0.05) is 6.42 Å². The van der Waals surface area contributed by atoms with Crippen LogP contribution in [0.15, 0.2) is 0 Å². The van der Waals surface area contributed by atoms with Crippen molar-refractivity contribution in [2.45, 2.75) is 110 Å². The number of unbranched alkanes of at least 4 members (excludes halogenated alkanes) is 14. The van der Waals surface area contributed by atoms with Crippen LogP contribution in [-0.2, 0) is 9.53 Å². The fourth-order valence-electron chi connectivity index (χ4n) is 2.83. The zero-order valence-corrected chi connectivity index (χ0v) is 15.4. The van der Waals surface area contributed by atoms with Gasteiger partial charge in [0.25, 0.3) is 0 Å². The first-order chi connectivity index (χ1) is 11.3. The van der Waals surface area contributed by atoms with E-state index in [1.54, 1.807) is 0 Å². The molecule has 0 aliphatic rings. The Balaban J connectivity index is 3.05. The highest BCUT2D eigenvalue weighted by Gasteiger charge is 2.01. The maximum absolute atomic E-state index is 11.2. The lowest BCUT2D eigenvalue weighted by atomic mass is 10.0. The van der Waals surface area contributed by atoms with E-state index in [-0.39, 0.29) is 12.6 Å². The van der Waals surface area contributed by atoms with Gasteiger partial charge >= 0.3 is 5.97 Å². The third kappa shape index (κ3) is 19.0. The van der Waals surface area contributed by atoms with Crippen molar-refractivity contribution in [1.82, 2.24) is 0 Å². The van der Waals surface area contributed by atoms with E-state index < -0.39 is 0 Å². The number of carbonyl (C=O) groups excluding carboxylic acids is 1. The zero-order chi connectivity index (χ0) is 17.0. The van der Waals surface area contributed by atoms with Crippen LogP contribution >= 0.6 is 0 Å². The summed E-state index contributed by atoms with van der Waals surface area (Å²) in [6, 6.07) is 0. The molecule has 0 bridgehead atoms. The average molecular weight is 323 g/mol. The van der Waals surface area contributed by atoms with Crippen molar-refractivity contribution in [3.63, 3.8) is 0 Å². The number of hydrogen-bond acceptors (Lipinski definition) is 2. The smallest absolute Gasteiger partial charge is 0.306 e. The van der Waals surface area contributed by atoms with Gasteiger partial charge in [0.2, 0.25) is 0 Å². The summed E-state index contributed by atoms with van der Waals surface area (Å²) in [6.45, 7) is 2.38. The minimum absolute atomic E-state index is 0.109. The van der Waals surface area contributed by atoms with Crippen molar-refractivity contribution in [2.24, 2.45) is 0 Å². The second kappa shape index (κ2) is 19.1. The highest BCUT2D eigenvalue weighted by molar-refractivity contribution is 5.69. The lowest BCUT2D eigenvalue weighted by molar-refractivity contribution is -0.142. The highest BCUT2D eigenvalue weighted by Crippen LogP contribution is 2.13. The molecule has 0 saturated carbocycles. The van der Waals surface area contributed by atoms with Gasteiger partial charge in [-0.3, -0.25) is 4.79 Å². The fraction of sp³-hybridized carbons (Fsp3) is 0.857. The van der Waals surface area contributed by atoms with Gasteiger partial charge in [0.05, 0.1) is 0 Å². The molecular formula is C21H38O2. The molecule has 0 N–H and O–H groups in total. The van der Waals surface area contributed by atoms with Crippen molar-refractivity contribution < 1.29 is 9.53 Å². The molecule has 2 nitrogen and oxygen atoms in total. The van der Waals surface area contributed by atoms with Crippen LogP contribution in [0.2, 0.25) is 0 Å². The van der Waals surface area contributed by atoms with Gasteiger partial charge in [0.15, 0.2) is 6.61 Å². The van der Waals surface area contributed by atoms with E-state index in [0.717, 1.165) is 12.8 Å². The molecule has 0 aromatic carbocycles. The first kappa shape index (κ1) is 22.0. The summed E-state index contributed by atoms with van der Waals surface area (Å²) in [5.41, 5.74) is 0. The predicted molar refractivity (Wildman–Crippen MR) is 99.3 cm³/mol. The number of carbonyl (C=O) groups is 1. The van der Waals surface area contributed by atoms with Crippen LogP contribution in [0.4, 0.5) is 0 Å². The predicted octanol–water partition coefficient (Wildman–Crippen LogP) is 6.42. The first-order valence-corrected chi connectivity index (χ1v) is 9.90. The van der Waals surface area contributed by atoms with E-state index >= 15 is 0 Å². The topological polar surface area (TPSA) is 26.3 Å². The molecule has 0 amide bonds. The van der Waals surface area contributed by atoms with Crippen LogP contribution in [-0.4, -0.2) is 12.6 Å². The lowest BCUT2D eigenvalue weighted by Gasteiger charge is -2.03. The van der Waals surface area contributed by atoms with Crippen LogP contribution in [0.1, 0.15) is 110 Å². The molecule has 0 spiro atoms. The van der Waals surface area contributed by atoms with Crippen molar-refractivity contribution in [3.8, 4) is 12.3 Å². The number of hydrogen-bond donors (Lipinski definition) is 0. The Morgan fingerprint density at radius 2 is 1.13 bits per heavy atom. The zero-order valence-electron chi connectivity index (χ0n) is 15.4. The van der Waals surface area contributed by atoms with E-state index in [1.807, 2.05) is 0 Å². The maximum Gasteiger partial charge on any atom is 0.306 e. The largest absolute Gasteiger partial charge is 0.452 e. The normalized spacial score (nSPS) is 10.4. The molecule has 0 radical (unpaired) electrons. The molecule has 0 aromatic heterocycles. The van der Waals surface area contributed by atoms with Crippen molar-refractivity contribution in [3.05, 3.63) is 0 Å². The molecule has 0 unspecified atom stereocenters. The van der Waals surface area contributed by atoms with Gasteiger partial charge in [-0.25, -0.2) is 0 Å². The molecule has 0 atom stereocenters. The number of ether oxygens (including phenoxy) is 1. The number of rotatable bonds is 17. The Hall–Kier alpha value is -0.970. The minimum atomic E-state index is -0.155. The van der Waals surface area contributed by atoms with Crippen LogP contribution in [0.5, 0.6) is 0 Å². The summed E-state index contributed by atoms with van der Waals surface area (Å²) in [4.78, 5) is 11.2. The summed E-state index contributed by atoms with van der Waals surface area (Å²) in [5, 5.41) is 0. The fourth-order valence-corrected chi connectivity index (χ4v) is 2.83. The van der Waals surface area contributed by atoms with E-state index in [1.165, 1.54) is 83.5 Å².